The second-order valence-electron chi connectivity index (χ2n) is 55.5. The molecule has 20 nitrogen and oxygen atoms in total. The Balaban J connectivity index is 0.000000807. The van der Waals surface area contributed by atoms with Crippen molar-refractivity contribution in [3.05, 3.63) is 0 Å². The van der Waals surface area contributed by atoms with Gasteiger partial charge >= 0.3 is 0 Å². The van der Waals surface area contributed by atoms with Gasteiger partial charge in [-0.25, -0.2) is 70.2 Å². The Morgan fingerprint density at radius 2 is 0.236 bits per heavy atom. The van der Waals surface area contributed by atoms with Crippen LogP contribution in [-0.4, -0.2) is 473 Å². The van der Waals surface area contributed by atoms with Gasteiger partial charge in [0, 0.05) is 246 Å². The van der Waals surface area contributed by atoms with Gasteiger partial charge in [-0.2, -0.15) is 0 Å². The molecule has 0 amide bonds. The number of rotatable bonds is 4. The standard InChI is InChI=1S/4C10H20FNO.4C9H17F2N.4C9H18FNO/c4*1-7-9(13-5)8(11)6-12(7)10(2,3)4;4*1-6-8(11)7(10)5-12(6)9(2,3)4;4*1-6-8(12)7(10)5-11(6)9(2,3)4/h4*7-9H,6H2,1-5H3;4*6-8H,5H2,1-4H3;4*6-8,12H,5H2,1-4H3/t7-,8+,9+;7-,8+,9-;7-,8-,9+;7-,8-,9-;6-,7+,8+;6-,7+,8-;6-,7-,8+;6-,7-,8-;6-,7+,8+;6-,7+,8-;6-,7-,8+;6-,7-,8-/m111111111111/s1. The van der Waals surface area contributed by atoms with E-state index in [2.05, 4.69) is 103 Å². The van der Waals surface area contributed by atoms with Crippen LogP contribution < -0.4 is 0 Å². The zero-order valence-electron chi connectivity index (χ0n) is 102. The van der Waals surface area contributed by atoms with Crippen LogP contribution in [-0.2, 0) is 18.9 Å². The molecule has 12 fully saturated rings. The first kappa shape index (κ1) is 144. The summed E-state index contributed by atoms with van der Waals surface area (Å²) in [4.78, 5) is 24.2. The van der Waals surface area contributed by atoms with E-state index in [-0.39, 0.29) is 190 Å². The Morgan fingerprint density at radius 1 is 0.149 bits per heavy atom. The fourth-order valence-corrected chi connectivity index (χ4v) is 23.3. The number of halogens is 16. The van der Waals surface area contributed by atoms with Crippen molar-refractivity contribution in [2.45, 2.75) is 619 Å². The highest BCUT2D eigenvalue weighted by Gasteiger charge is 2.54. The molecule has 0 aromatic heterocycles. The molecule has 0 aromatic rings. The monoisotopic (exact) mass is 2170 g/mol. The molecule has 888 valence electrons. The summed E-state index contributed by atoms with van der Waals surface area (Å²) in [5.74, 6) is 0. The molecule has 148 heavy (non-hydrogen) atoms. The van der Waals surface area contributed by atoms with Crippen molar-refractivity contribution in [2.75, 3.05) is 107 Å². The Bertz CT molecular complexity index is 3090. The zero-order chi connectivity index (χ0) is 117. The number of nitrogens with zero attached hydrogens (tertiary/aromatic N) is 12. The van der Waals surface area contributed by atoms with Gasteiger partial charge in [-0.1, -0.05) is 0 Å². The van der Waals surface area contributed by atoms with Crippen molar-refractivity contribution in [3.63, 3.8) is 0 Å². The minimum absolute atomic E-state index is 0.0248. The molecule has 0 aliphatic carbocycles. The van der Waals surface area contributed by atoms with Crippen LogP contribution in [0, 0.1) is 0 Å². The summed E-state index contributed by atoms with van der Waals surface area (Å²) in [6.07, 6.45) is -22.5. The van der Waals surface area contributed by atoms with Gasteiger partial charge in [-0.3, -0.25) is 58.8 Å². The predicted octanol–water partition coefficient (Wildman–Crippen LogP) is 20.8. The number of methoxy groups -OCH3 is 4. The average Bonchev–Trinajstić information content (AvgIpc) is 1.65. The van der Waals surface area contributed by atoms with Crippen molar-refractivity contribution in [2.24, 2.45) is 0 Å². The summed E-state index contributed by atoms with van der Waals surface area (Å²) in [6, 6.07) is -0.778. The van der Waals surface area contributed by atoms with E-state index in [4.69, 9.17) is 18.9 Å². The Morgan fingerprint density at radius 3 is 0.284 bits per heavy atom. The molecule has 12 saturated heterocycles. The molecule has 12 aliphatic heterocycles. The van der Waals surface area contributed by atoms with E-state index in [1.807, 2.05) is 261 Å². The minimum atomic E-state index is -1.32. The van der Waals surface area contributed by atoms with Gasteiger partial charge in [0.25, 0.3) is 0 Å². The molecule has 0 unspecified atom stereocenters. The summed E-state index contributed by atoms with van der Waals surface area (Å²) in [6.45, 7) is 100. The van der Waals surface area contributed by atoms with Gasteiger partial charge < -0.3 is 39.4 Å². The summed E-state index contributed by atoms with van der Waals surface area (Å²) in [5.41, 5.74) is -0.655. The second-order valence-corrected chi connectivity index (χ2v) is 55.5. The average molecular weight is 2170 g/mol. The Labute approximate surface area is 890 Å². The van der Waals surface area contributed by atoms with Gasteiger partial charge in [0.2, 0.25) is 0 Å². The summed E-state index contributed by atoms with van der Waals surface area (Å²) in [5, 5.41) is 37.5. The Hall–Kier alpha value is -1.92. The first-order valence-electron chi connectivity index (χ1n) is 54.5. The lowest BCUT2D eigenvalue weighted by atomic mass is 10.0. The highest BCUT2D eigenvalue weighted by atomic mass is 19.2. The number of hydrogen-bond donors (Lipinski definition) is 4. The molecule has 0 saturated carbocycles. The largest absolute Gasteiger partial charge is 0.388 e. The van der Waals surface area contributed by atoms with Crippen LogP contribution in [0.4, 0.5) is 70.2 Å². The number of alkyl halides is 16. The number of likely N-dealkylation sites (tertiary alicyclic amines) is 12. The molecule has 36 heteroatoms. The first-order chi connectivity index (χ1) is 66.2. The highest BCUT2D eigenvalue weighted by molar-refractivity contribution is 5.07. The lowest BCUT2D eigenvalue weighted by Gasteiger charge is -2.35. The van der Waals surface area contributed by atoms with Gasteiger partial charge in [-0.05, 0) is 332 Å². The molecule has 0 bridgehead atoms. The van der Waals surface area contributed by atoms with Crippen LogP contribution in [0.3, 0.4) is 0 Å². The number of ether oxygens (including phenoxy) is 4. The maximum Gasteiger partial charge on any atom is 0.148 e. The number of aliphatic hydroxyl groups is 4. The van der Waals surface area contributed by atoms with Crippen LogP contribution in [0.2, 0.25) is 0 Å². The van der Waals surface area contributed by atoms with Crippen molar-refractivity contribution < 1.29 is 110 Å². The molecule has 4 N–H and O–H groups in total. The SMILES string of the molecule is CO[C@@H]1[C@@H](C)N(C(C)(C)C)C[C@@H]1F.CO[C@@H]1[C@H](F)CN(C(C)(C)C)[C@@H]1C.CO[C@H]1[C@@H](C)N(C(C)(C)C)C[C@@H]1F.CO[C@H]1[C@H](F)CN(C(C)(C)C)[C@@H]1C.C[C@@H]1[C@@H](F)[C@@H](F)CN1C(C)(C)C.C[C@@H]1[C@@H](F)[C@H](F)CN1C(C)(C)C.C[C@@H]1[C@@H](O)[C@@H](F)CN1C(C)(C)C.C[C@@H]1[C@@H](O)[C@H](F)CN1C(C)(C)C.C[C@@H]1[C@H](F)[C@@H](F)CN1C(C)(C)C.C[C@@H]1[C@H](F)[C@H](F)CN1C(C)(C)C.C[C@@H]1[C@H](O)[C@@H](F)CN1C(C)(C)C.C[C@@H]1[C@H](O)[C@H](F)CN1C(C)(C)C. The molecule has 36 atom stereocenters. The fourth-order valence-electron chi connectivity index (χ4n) is 23.3. The molecular weight excluding hydrogens is 1950 g/mol. The fraction of sp³-hybridized carbons (Fsp3) is 1.00. The van der Waals surface area contributed by atoms with Crippen LogP contribution in [0.5, 0.6) is 0 Å². The van der Waals surface area contributed by atoms with Gasteiger partial charge in [0.1, 0.15) is 148 Å². The van der Waals surface area contributed by atoms with Gasteiger partial charge in [0.05, 0.1) is 0 Å². The molecule has 12 rings (SSSR count). The van der Waals surface area contributed by atoms with Crippen molar-refractivity contribution in [1.82, 2.24) is 58.8 Å². The third-order valence-corrected chi connectivity index (χ3v) is 31.8. The maximum absolute atomic E-state index is 13.5. The third-order valence-electron chi connectivity index (χ3n) is 31.8. The van der Waals surface area contributed by atoms with E-state index in [9.17, 15) is 90.7 Å². The van der Waals surface area contributed by atoms with Crippen molar-refractivity contribution in [1.29, 1.82) is 0 Å². The van der Waals surface area contributed by atoms with Crippen molar-refractivity contribution >= 4 is 0 Å². The maximum atomic E-state index is 13.5. The quantitative estimate of drug-likeness (QED) is 0.197. The summed E-state index contributed by atoms with van der Waals surface area (Å²) in [7, 11) is 6.33. The molecule has 12 heterocycles. The number of hydrogen-bond acceptors (Lipinski definition) is 20. The number of aliphatic hydroxyl groups excluding tert-OH is 4. The topological polar surface area (TPSA) is 157 Å². The molecule has 12 aliphatic rings. The lowest BCUT2D eigenvalue weighted by molar-refractivity contribution is 0.0259. The van der Waals surface area contributed by atoms with E-state index >= 15 is 0 Å². The van der Waals surface area contributed by atoms with E-state index in [0.717, 1.165) is 0 Å². The third kappa shape index (κ3) is 40.4. The van der Waals surface area contributed by atoms with Crippen LogP contribution in [0.1, 0.15) is 332 Å². The highest BCUT2D eigenvalue weighted by Crippen LogP contribution is 2.41. The van der Waals surface area contributed by atoms with E-state index in [1.54, 1.807) is 56.1 Å². The molecule has 0 spiro atoms. The van der Waals surface area contributed by atoms with Crippen LogP contribution in [0.25, 0.3) is 0 Å². The lowest BCUT2D eigenvalue weighted by Crippen LogP contribution is -2.45. The van der Waals surface area contributed by atoms with Crippen molar-refractivity contribution in [3.8, 4) is 0 Å². The second kappa shape index (κ2) is 56.9. The predicted molar refractivity (Wildman–Crippen MR) is 577 cm³/mol. The Kier molecular flexibility index (Phi) is 55.4. The van der Waals surface area contributed by atoms with E-state index in [0.29, 0.717) is 52.4 Å². The molecule has 0 aromatic carbocycles. The van der Waals surface area contributed by atoms with E-state index < -0.39 is 123 Å². The normalized spacial score (nSPS) is 38.3. The summed E-state index contributed by atoms with van der Waals surface area (Å²) < 4.78 is 231. The van der Waals surface area contributed by atoms with Crippen LogP contribution >= 0.6 is 0 Å². The molecular formula is C112H220F16N12O8. The van der Waals surface area contributed by atoms with Gasteiger partial charge in [-0.15, -0.1) is 0 Å². The van der Waals surface area contributed by atoms with Crippen LogP contribution in [0.15, 0.2) is 0 Å². The van der Waals surface area contributed by atoms with E-state index in [1.165, 1.54) is 0 Å². The zero-order valence-corrected chi connectivity index (χ0v) is 102. The first-order valence-corrected chi connectivity index (χ1v) is 54.5. The molecule has 0 radical (unpaired) electrons. The summed E-state index contributed by atoms with van der Waals surface area (Å²) >= 11 is 0. The smallest absolute Gasteiger partial charge is 0.148 e. The van der Waals surface area contributed by atoms with Gasteiger partial charge in [0.15, 0.2) is 0 Å². The minimum Gasteiger partial charge on any atom is -0.388 e.